The number of piperazine rings is 1. The van der Waals surface area contributed by atoms with Crippen molar-refractivity contribution in [2.75, 3.05) is 32.7 Å². The van der Waals surface area contributed by atoms with Crippen LogP contribution in [0.25, 0.3) is 5.70 Å². The van der Waals surface area contributed by atoms with Crippen molar-refractivity contribution in [1.29, 1.82) is 0 Å². The van der Waals surface area contributed by atoms with Crippen LogP contribution in [-0.2, 0) is 4.79 Å². The van der Waals surface area contributed by atoms with E-state index in [4.69, 9.17) is 28.9 Å². The van der Waals surface area contributed by atoms with Crippen molar-refractivity contribution in [2.24, 2.45) is 5.73 Å². The average Bonchev–Trinajstić information content (AvgIpc) is 3.00. The number of nitrogens with one attached hydrogen (secondary N) is 1. The van der Waals surface area contributed by atoms with Gasteiger partial charge in [0.2, 0.25) is 5.91 Å². The molecule has 0 bridgehead atoms. The molecule has 1 atom stereocenters. The Hall–Kier alpha value is -2.15. The molecule has 3 heterocycles. The van der Waals surface area contributed by atoms with Crippen LogP contribution in [0.3, 0.4) is 0 Å². The van der Waals surface area contributed by atoms with Gasteiger partial charge in [-0.25, -0.2) is 0 Å². The van der Waals surface area contributed by atoms with Crippen LogP contribution in [0.5, 0.6) is 0 Å². The Kier molecular flexibility index (Phi) is 5.27. The van der Waals surface area contributed by atoms with Crippen LogP contribution in [0.1, 0.15) is 12.5 Å². The highest BCUT2D eigenvalue weighted by atomic mass is 35.5. The molecule has 1 amide bonds. The number of nitrogens with two attached hydrogens (primary N) is 1. The van der Waals surface area contributed by atoms with Crippen molar-refractivity contribution in [3.8, 4) is 0 Å². The number of rotatable bonds is 3. The van der Waals surface area contributed by atoms with Gasteiger partial charge in [-0.15, -0.1) is 0 Å². The van der Waals surface area contributed by atoms with Gasteiger partial charge in [0.05, 0.1) is 16.4 Å². The van der Waals surface area contributed by atoms with Gasteiger partial charge in [0, 0.05) is 62.1 Å². The molecule has 1 aromatic rings. The van der Waals surface area contributed by atoms with E-state index in [-0.39, 0.29) is 12.1 Å². The molecule has 4 rings (SSSR count). The summed E-state index contributed by atoms with van der Waals surface area (Å²) in [5, 5.41) is 4.77. The molecule has 1 fully saturated rings. The lowest BCUT2D eigenvalue weighted by atomic mass is 10.1. The smallest absolute Gasteiger partial charge is 0.219 e. The Morgan fingerprint density at radius 1 is 1.25 bits per heavy atom. The summed E-state index contributed by atoms with van der Waals surface area (Å²) in [6.07, 6.45) is 5.90. The third-order valence-corrected chi connectivity index (χ3v) is 5.89. The lowest BCUT2D eigenvalue weighted by Crippen LogP contribution is -2.49. The van der Waals surface area contributed by atoms with Crippen molar-refractivity contribution >= 4 is 34.8 Å². The Labute approximate surface area is 174 Å². The summed E-state index contributed by atoms with van der Waals surface area (Å²) in [5.74, 6) is 0.131. The summed E-state index contributed by atoms with van der Waals surface area (Å²) in [6.45, 7) is 5.51. The number of carbonyl (C=O) groups is 1. The molecule has 0 aliphatic carbocycles. The van der Waals surface area contributed by atoms with Crippen molar-refractivity contribution in [3.05, 3.63) is 63.6 Å². The largest absolute Gasteiger partial charge is 0.398 e. The summed E-state index contributed by atoms with van der Waals surface area (Å²) < 4.78 is 0. The van der Waals surface area contributed by atoms with E-state index in [0.717, 1.165) is 49.7 Å². The molecular formula is C20H23Cl2N5O. The third-order valence-electron chi connectivity index (χ3n) is 5.34. The van der Waals surface area contributed by atoms with Gasteiger partial charge in [-0.1, -0.05) is 23.2 Å². The first-order valence-electron chi connectivity index (χ1n) is 9.29. The van der Waals surface area contributed by atoms with Crippen LogP contribution in [-0.4, -0.2) is 59.5 Å². The SMILES string of the molecule is CC(=O)N1CCN(CC2=C(c3ccc(Cl)cc3Cl)NC3C=CC(N)=CN23)CC1. The first kappa shape index (κ1) is 19.2. The fraction of sp³-hybridized carbons (Fsp3) is 0.350. The van der Waals surface area contributed by atoms with Crippen LogP contribution in [0.4, 0.5) is 0 Å². The molecule has 0 radical (unpaired) electrons. The number of hydrogen-bond donors (Lipinski definition) is 2. The van der Waals surface area contributed by atoms with Gasteiger partial charge in [-0.3, -0.25) is 9.69 Å². The van der Waals surface area contributed by atoms with Crippen LogP contribution >= 0.6 is 23.2 Å². The summed E-state index contributed by atoms with van der Waals surface area (Å²) in [6, 6.07) is 5.54. The zero-order chi connectivity index (χ0) is 19.8. The lowest BCUT2D eigenvalue weighted by Gasteiger charge is -2.36. The highest BCUT2D eigenvalue weighted by Crippen LogP contribution is 2.35. The quantitative estimate of drug-likeness (QED) is 0.787. The maximum absolute atomic E-state index is 11.6. The maximum atomic E-state index is 11.6. The average molecular weight is 420 g/mol. The molecule has 148 valence electrons. The van der Waals surface area contributed by atoms with Gasteiger partial charge in [-0.2, -0.15) is 0 Å². The fourth-order valence-corrected chi connectivity index (χ4v) is 4.32. The zero-order valence-corrected chi connectivity index (χ0v) is 17.2. The normalized spacial score (nSPS) is 22.2. The zero-order valence-electron chi connectivity index (χ0n) is 15.7. The predicted octanol–water partition coefficient (Wildman–Crippen LogP) is 2.43. The van der Waals surface area contributed by atoms with Crippen LogP contribution < -0.4 is 11.1 Å². The van der Waals surface area contributed by atoms with E-state index in [0.29, 0.717) is 15.7 Å². The van der Waals surface area contributed by atoms with Gasteiger partial charge in [-0.05, 0) is 30.4 Å². The van der Waals surface area contributed by atoms with Gasteiger partial charge in [0.15, 0.2) is 0 Å². The summed E-state index contributed by atoms with van der Waals surface area (Å²) in [7, 11) is 0. The van der Waals surface area contributed by atoms with E-state index in [1.54, 1.807) is 13.0 Å². The third kappa shape index (κ3) is 3.72. The molecule has 1 unspecified atom stereocenters. The van der Waals surface area contributed by atoms with Gasteiger partial charge >= 0.3 is 0 Å². The lowest BCUT2D eigenvalue weighted by molar-refractivity contribution is -0.130. The molecular weight excluding hydrogens is 397 g/mol. The summed E-state index contributed by atoms with van der Waals surface area (Å²) >= 11 is 12.6. The molecule has 3 N–H and O–H groups in total. The molecule has 3 aliphatic heterocycles. The van der Waals surface area contributed by atoms with E-state index in [9.17, 15) is 4.79 Å². The summed E-state index contributed by atoms with van der Waals surface area (Å²) in [5.41, 5.74) is 9.77. The highest BCUT2D eigenvalue weighted by molar-refractivity contribution is 6.35. The van der Waals surface area contributed by atoms with Crippen molar-refractivity contribution in [1.82, 2.24) is 20.0 Å². The Bertz CT molecular complexity index is 887. The molecule has 6 nitrogen and oxygen atoms in total. The Balaban J connectivity index is 1.64. The molecule has 1 saturated heterocycles. The van der Waals surface area contributed by atoms with Crippen LogP contribution in [0.2, 0.25) is 10.0 Å². The Morgan fingerprint density at radius 2 is 2.00 bits per heavy atom. The molecule has 28 heavy (non-hydrogen) atoms. The predicted molar refractivity (Wildman–Crippen MR) is 112 cm³/mol. The maximum Gasteiger partial charge on any atom is 0.219 e. The standard InChI is InChI=1S/C20H23Cl2N5O/c1-13(28)26-8-6-25(7-9-26)12-18-20(16-4-2-14(21)10-17(16)22)24-19-5-3-15(23)11-27(18)19/h2-5,10-11,19,24H,6-9,12,23H2,1H3. The topological polar surface area (TPSA) is 64.8 Å². The second-order valence-electron chi connectivity index (χ2n) is 7.21. The van der Waals surface area contributed by atoms with Crippen molar-refractivity contribution in [2.45, 2.75) is 13.1 Å². The number of nitrogens with zero attached hydrogens (tertiary/aromatic N) is 3. The second-order valence-corrected chi connectivity index (χ2v) is 8.06. The number of halogens is 2. The number of fused-ring (bicyclic) bond motifs is 1. The molecule has 0 aromatic heterocycles. The van der Waals surface area contributed by atoms with Crippen molar-refractivity contribution in [3.63, 3.8) is 0 Å². The van der Waals surface area contributed by atoms with Crippen LogP contribution in [0, 0.1) is 0 Å². The molecule has 0 spiro atoms. The first-order chi connectivity index (χ1) is 13.4. The molecule has 1 aromatic carbocycles. The van der Waals surface area contributed by atoms with E-state index in [2.05, 4.69) is 15.1 Å². The molecule has 0 saturated carbocycles. The van der Waals surface area contributed by atoms with Gasteiger partial charge in [0.25, 0.3) is 0 Å². The highest BCUT2D eigenvalue weighted by Gasteiger charge is 2.33. The number of amides is 1. The monoisotopic (exact) mass is 419 g/mol. The number of hydrogen-bond acceptors (Lipinski definition) is 5. The van der Waals surface area contributed by atoms with Crippen molar-refractivity contribution < 1.29 is 4.79 Å². The number of benzene rings is 1. The van der Waals surface area contributed by atoms with E-state index in [1.807, 2.05) is 35.4 Å². The second kappa shape index (κ2) is 7.70. The van der Waals surface area contributed by atoms with E-state index >= 15 is 0 Å². The van der Waals surface area contributed by atoms with Crippen LogP contribution in [0.15, 0.2) is 47.9 Å². The molecule has 3 aliphatic rings. The van der Waals surface area contributed by atoms with E-state index in [1.165, 1.54) is 0 Å². The summed E-state index contributed by atoms with van der Waals surface area (Å²) in [4.78, 5) is 18.0. The minimum absolute atomic E-state index is 0.00236. The molecule has 8 heteroatoms. The van der Waals surface area contributed by atoms with Gasteiger partial charge in [0.1, 0.15) is 6.17 Å². The number of allylic oxidation sites excluding steroid dienone is 1. The first-order valence-corrected chi connectivity index (χ1v) is 10.0. The minimum Gasteiger partial charge on any atom is -0.398 e. The van der Waals surface area contributed by atoms with E-state index < -0.39 is 0 Å². The minimum atomic E-state index is 0.00236. The number of carbonyl (C=O) groups excluding carboxylic acids is 1. The fourth-order valence-electron chi connectivity index (χ4n) is 3.82. The Morgan fingerprint density at radius 3 is 2.68 bits per heavy atom. The van der Waals surface area contributed by atoms with Gasteiger partial charge < -0.3 is 20.9 Å².